The van der Waals surface area contributed by atoms with Gasteiger partial charge in [-0.1, -0.05) is 13.0 Å². The molecule has 0 aliphatic carbocycles. The number of nitrogens with zero attached hydrogens (tertiary/aromatic N) is 2. The van der Waals surface area contributed by atoms with E-state index in [4.69, 9.17) is 14.2 Å². The van der Waals surface area contributed by atoms with E-state index in [1.54, 1.807) is 23.1 Å². The molecular formula is C26H23N3O7. The fraction of sp³-hybridized carbons (Fsp3) is 0.231. The van der Waals surface area contributed by atoms with Gasteiger partial charge >= 0.3 is 0 Å². The summed E-state index contributed by atoms with van der Waals surface area (Å²) in [7, 11) is 0. The maximum Gasteiger partial charge on any atom is 0.269 e. The number of anilines is 1. The first-order valence-corrected chi connectivity index (χ1v) is 11.4. The van der Waals surface area contributed by atoms with Crippen molar-refractivity contribution in [3.63, 3.8) is 0 Å². The van der Waals surface area contributed by atoms with Gasteiger partial charge < -0.3 is 24.4 Å². The molecule has 0 bridgehead atoms. The Hall–Kier alpha value is -4.60. The molecule has 2 aliphatic rings. The van der Waals surface area contributed by atoms with E-state index in [1.165, 1.54) is 24.3 Å². The van der Waals surface area contributed by atoms with Crippen molar-refractivity contribution in [2.24, 2.45) is 0 Å². The molecule has 2 aliphatic heterocycles. The largest absolute Gasteiger partial charge is 0.480 e. The second-order valence-corrected chi connectivity index (χ2v) is 8.48. The summed E-state index contributed by atoms with van der Waals surface area (Å²) in [6, 6.07) is 16.2. The molecule has 5 rings (SSSR count). The molecule has 0 fully saturated rings. The van der Waals surface area contributed by atoms with Crippen molar-refractivity contribution in [2.45, 2.75) is 32.5 Å². The topological polar surface area (TPSA) is 120 Å². The minimum atomic E-state index is -0.624. The van der Waals surface area contributed by atoms with Crippen LogP contribution < -0.4 is 19.5 Å². The van der Waals surface area contributed by atoms with Gasteiger partial charge in [-0.05, 0) is 54.4 Å². The molecule has 0 unspecified atom stereocenters. The van der Waals surface area contributed by atoms with Crippen LogP contribution in [0.1, 0.15) is 34.8 Å². The Balaban J connectivity index is 1.36. The molecule has 0 radical (unpaired) electrons. The Morgan fingerprint density at radius 3 is 2.56 bits per heavy atom. The Kier molecular flexibility index (Phi) is 6.16. The van der Waals surface area contributed by atoms with Crippen LogP contribution in [0.15, 0.2) is 60.7 Å². The zero-order valence-corrected chi connectivity index (χ0v) is 19.4. The molecule has 0 saturated carbocycles. The monoisotopic (exact) mass is 489 g/mol. The number of ether oxygens (including phenoxy) is 3. The first kappa shape index (κ1) is 23.2. The molecule has 1 N–H and O–H groups in total. The average Bonchev–Trinajstić information content (AvgIpc) is 3.30. The van der Waals surface area contributed by atoms with E-state index in [0.29, 0.717) is 42.4 Å². The molecular weight excluding hydrogens is 466 g/mol. The molecule has 36 heavy (non-hydrogen) atoms. The van der Waals surface area contributed by atoms with Gasteiger partial charge in [-0.3, -0.25) is 19.7 Å². The Bertz CT molecular complexity index is 1340. The van der Waals surface area contributed by atoms with E-state index in [9.17, 15) is 19.7 Å². The number of amides is 2. The lowest BCUT2D eigenvalue weighted by atomic mass is 10.1. The van der Waals surface area contributed by atoms with Crippen molar-refractivity contribution in [3.8, 4) is 17.2 Å². The minimum Gasteiger partial charge on any atom is -0.480 e. The third kappa shape index (κ3) is 4.65. The number of nitrogens with one attached hydrogen (secondary N) is 1. The number of carbonyl (C=O) groups is 2. The van der Waals surface area contributed by atoms with Gasteiger partial charge in [-0.2, -0.15) is 0 Å². The van der Waals surface area contributed by atoms with Gasteiger partial charge in [-0.25, -0.2) is 0 Å². The van der Waals surface area contributed by atoms with E-state index >= 15 is 0 Å². The Labute approximate surface area is 206 Å². The molecule has 184 valence electrons. The van der Waals surface area contributed by atoms with E-state index in [1.807, 2.05) is 25.1 Å². The highest BCUT2D eigenvalue weighted by atomic mass is 16.7. The number of nitro benzene ring substituents is 1. The molecule has 2 heterocycles. The van der Waals surface area contributed by atoms with Crippen LogP contribution >= 0.6 is 0 Å². The number of non-ortho nitro benzene ring substituents is 1. The van der Waals surface area contributed by atoms with Crippen LogP contribution in [0.2, 0.25) is 0 Å². The van der Waals surface area contributed by atoms with Gasteiger partial charge in [-0.15, -0.1) is 0 Å². The number of fused-ring (bicyclic) bond motifs is 2. The maximum atomic E-state index is 13.2. The second kappa shape index (κ2) is 9.57. The normalized spacial score (nSPS) is 16.1. The van der Waals surface area contributed by atoms with Crippen LogP contribution in [0.5, 0.6) is 17.2 Å². The molecule has 1 atom stereocenters. The van der Waals surface area contributed by atoms with Crippen molar-refractivity contribution in [1.29, 1.82) is 0 Å². The summed E-state index contributed by atoms with van der Waals surface area (Å²) >= 11 is 0. The lowest BCUT2D eigenvalue weighted by Crippen LogP contribution is -2.38. The maximum absolute atomic E-state index is 13.2. The number of carbonyl (C=O) groups excluding carboxylic acids is 2. The van der Waals surface area contributed by atoms with E-state index < -0.39 is 16.9 Å². The van der Waals surface area contributed by atoms with Crippen molar-refractivity contribution in [2.75, 3.05) is 12.1 Å². The smallest absolute Gasteiger partial charge is 0.269 e. The number of benzene rings is 3. The van der Waals surface area contributed by atoms with E-state index in [2.05, 4.69) is 5.32 Å². The van der Waals surface area contributed by atoms with Crippen LogP contribution in [-0.2, 0) is 17.9 Å². The highest BCUT2D eigenvalue weighted by molar-refractivity contribution is 6.04. The first-order chi connectivity index (χ1) is 17.4. The molecule has 0 spiro atoms. The first-order valence-electron chi connectivity index (χ1n) is 11.4. The van der Waals surface area contributed by atoms with Crippen LogP contribution in [-0.4, -0.2) is 34.5 Å². The lowest BCUT2D eigenvalue weighted by molar-refractivity contribution is -0.384. The third-order valence-electron chi connectivity index (χ3n) is 6.06. The summed E-state index contributed by atoms with van der Waals surface area (Å²) in [6.07, 6.45) is -0.116. The third-order valence-corrected chi connectivity index (χ3v) is 6.06. The van der Waals surface area contributed by atoms with Gasteiger partial charge in [0, 0.05) is 42.0 Å². The molecule has 10 nitrogen and oxygen atoms in total. The summed E-state index contributed by atoms with van der Waals surface area (Å²) < 4.78 is 16.9. The predicted molar refractivity (Wildman–Crippen MR) is 129 cm³/mol. The van der Waals surface area contributed by atoms with Gasteiger partial charge in [0.25, 0.3) is 17.5 Å². The second-order valence-electron chi connectivity index (χ2n) is 8.48. The SMILES string of the molecule is CC[C@H]1Oc2ccc(NC(=O)c3ccc([N+](=O)[O-])cc3)cc2CN(Cc2ccc3c(c2)OCO3)C1=O. The Morgan fingerprint density at radius 2 is 1.81 bits per heavy atom. The summed E-state index contributed by atoms with van der Waals surface area (Å²) in [5.41, 5.74) is 2.37. The number of rotatable bonds is 6. The van der Waals surface area contributed by atoms with Crippen LogP contribution in [0.3, 0.4) is 0 Å². The average molecular weight is 489 g/mol. The van der Waals surface area contributed by atoms with Crippen molar-refractivity contribution >= 4 is 23.2 Å². The number of hydrogen-bond acceptors (Lipinski definition) is 7. The fourth-order valence-electron chi connectivity index (χ4n) is 4.18. The molecule has 2 amide bonds. The zero-order chi connectivity index (χ0) is 25.2. The van der Waals surface area contributed by atoms with E-state index in [0.717, 1.165) is 11.1 Å². The van der Waals surface area contributed by atoms with Gasteiger partial charge in [0.2, 0.25) is 6.79 Å². The summed E-state index contributed by atoms with van der Waals surface area (Å²) in [6.45, 7) is 2.72. The standard InChI is InChI=1S/C26H23N3O7/c1-2-21-26(31)28(13-16-3-9-23-24(11-16)35-15-34-23)14-18-12-19(6-10-22(18)36-21)27-25(30)17-4-7-20(8-5-17)29(32)33/h3-12,21H,2,13-15H2,1H3,(H,27,30)/t21-/m1/s1. The number of nitro groups is 1. The fourth-order valence-corrected chi connectivity index (χ4v) is 4.18. The number of hydrogen-bond donors (Lipinski definition) is 1. The summed E-state index contributed by atoms with van der Waals surface area (Å²) in [4.78, 5) is 38.0. The van der Waals surface area contributed by atoms with Crippen molar-refractivity contribution < 1.29 is 28.7 Å². The van der Waals surface area contributed by atoms with E-state index in [-0.39, 0.29) is 24.0 Å². The summed E-state index contributed by atoms with van der Waals surface area (Å²) in [5.74, 6) is 1.38. The highest BCUT2D eigenvalue weighted by Gasteiger charge is 2.30. The van der Waals surface area contributed by atoms with Gasteiger partial charge in [0.05, 0.1) is 4.92 Å². The van der Waals surface area contributed by atoms with Crippen molar-refractivity contribution in [3.05, 3.63) is 87.5 Å². The predicted octanol–water partition coefficient (Wildman–Crippen LogP) is 4.28. The molecule has 3 aromatic rings. The molecule has 3 aromatic carbocycles. The molecule has 0 aromatic heterocycles. The van der Waals surface area contributed by atoms with Crippen molar-refractivity contribution in [1.82, 2.24) is 4.90 Å². The zero-order valence-electron chi connectivity index (χ0n) is 19.4. The summed E-state index contributed by atoms with van der Waals surface area (Å²) in [5, 5.41) is 13.7. The van der Waals surface area contributed by atoms with Crippen LogP contribution in [0.4, 0.5) is 11.4 Å². The van der Waals surface area contributed by atoms with Crippen LogP contribution in [0, 0.1) is 10.1 Å². The lowest BCUT2D eigenvalue weighted by Gasteiger charge is -2.23. The van der Waals surface area contributed by atoms with Gasteiger partial charge in [0.1, 0.15) is 5.75 Å². The Morgan fingerprint density at radius 1 is 1.06 bits per heavy atom. The van der Waals surface area contributed by atoms with Gasteiger partial charge in [0.15, 0.2) is 17.6 Å². The molecule has 0 saturated heterocycles. The van der Waals surface area contributed by atoms with Crippen LogP contribution in [0.25, 0.3) is 0 Å². The molecule has 10 heteroatoms. The minimum absolute atomic E-state index is 0.0913. The highest BCUT2D eigenvalue weighted by Crippen LogP contribution is 2.34. The quantitative estimate of drug-likeness (QED) is 0.405.